The van der Waals surface area contributed by atoms with Crippen LogP contribution >= 0.6 is 11.6 Å². The number of benzene rings is 2. The van der Waals surface area contributed by atoms with Crippen molar-refractivity contribution in [2.75, 3.05) is 26.2 Å². The van der Waals surface area contributed by atoms with Gasteiger partial charge in [-0.15, -0.1) is 0 Å². The van der Waals surface area contributed by atoms with E-state index in [0.717, 1.165) is 5.39 Å². The summed E-state index contributed by atoms with van der Waals surface area (Å²) in [7, 11) is -3.81. The molecule has 9 heteroatoms. The molecule has 0 atom stereocenters. The largest absolute Gasteiger partial charge is 0.451 e. The Morgan fingerprint density at radius 3 is 2.52 bits per heavy atom. The molecule has 148 valence electrons. The van der Waals surface area contributed by atoms with Gasteiger partial charge in [0.2, 0.25) is 10.0 Å². The third-order valence-corrected chi connectivity index (χ3v) is 7.03. The molecule has 29 heavy (non-hydrogen) atoms. The minimum Gasteiger partial charge on any atom is -0.451 e. The number of nitriles is 1. The summed E-state index contributed by atoms with van der Waals surface area (Å²) in [5.41, 5.74) is 0.666. The molecule has 0 bridgehead atoms. The highest BCUT2D eigenvalue weighted by Crippen LogP contribution is 2.25. The molecule has 0 unspecified atom stereocenters. The Bertz CT molecular complexity index is 1240. The summed E-state index contributed by atoms with van der Waals surface area (Å²) in [4.78, 5) is 14.3. The molecule has 3 aromatic rings. The first-order valence-corrected chi connectivity index (χ1v) is 10.7. The molecule has 1 aromatic heterocycles. The second-order valence-electron chi connectivity index (χ2n) is 6.60. The van der Waals surface area contributed by atoms with Crippen LogP contribution in [0, 0.1) is 11.3 Å². The van der Waals surface area contributed by atoms with Gasteiger partial charge in [-0.2, -0.15) is 9.57 Å². The van der Waals surface area contributed by atoms with Gasteiger partial charge in [-0.05, 0) is 36.4 Å². The molecular formula is C20H16ClN3O4S. The Hall–Kier alpha value is -2.86. The van der Waals surface area contributed by atoms with Crippen LogP contribution in [0.15, 0.2) is 57.8 Å². The van der Waals surface area contributed by atoms with Crippen LogP contribution in [0.4, 0.5) is 0 Å². The van der Waals surface area contributed by atoms with E-state index in [1.54, 1.807) is 41.3 Å². The lowest BCUT2D eigenvalue weighted by Gasteiger charge is -2.33. The van der Waals surface area contributed by atoms with Crippen molar-refractivity contribution < 1.29 is 17.6 Å². The molecule has 1 aliphatic rings. The van der Waals surface area contributed by atoms with Gasteiger partial charge in [-0.25, -0.2) is 8.42 Å². The van der Waals surface area contributed by atoms with Crippen LogP contribution in [0.3, 0.4) is 0 Å². The van der Waals surface area contributed by atoms with Crippen LogP contribution < -0.4 is 0 Å². The number of fused-ring (bicyclic) bond motifs is 1. The first-order chi connectivity index (χ1) is 13.9. The number of sulfonamides is 1. The highest BCUT2D eigenvalue weighted by Gasteiger charge is 2.32. The van der Waals surface area contributed by atoms with E-state index in [-0.39, 0.29) is 48.3 Å². The molecule has 2 heterocycles. The van der Waals surface area contributed by atoms with Crippen LogP contribution in [0.1, 0.15) is 16.1 Å². The number of carbonyl (C=O) groups is 1. The molecule has 4 rings (SSSR count). The summed E-state index contributed by atoms with van der Waals surface area (Å²) in [6.07, 6.45) is 0. The summed E-state index contributed by atoms with van der Waals surface area (Å²) in [6.45, 7) is 0.731. The molecule has 0 spiro atoms. The average Bonchev–Trinajstić information content (AvgIpc) is 3.16. The van der Waals surface area contributed by atoms with E-state index in [9.17, 15) is 18.5 Å². The highest BCUT2D eigenvalue weighted by molar-refractivity contribution is 7.89. The van der Waals surface area contributed by atoms with E-state index < -0.39 is 10.0 Å². The summed E-state index contributed by atoms with van der Waals surface area (Å²) in [5, 5.41) is 10.5. The third-order valence-electron chi connectivity index (χ3n) is 4.84. The zero-order valence-electron chi connectivity index (χ0n) is 15.2. The zero-order valence-corrected chi connectivity index (χ0v) is 16.8. The molecule has 1 fully saturated rings. The quantitative estimate of drug-likeness (QED) is 0.637. The van der Waals surface area contributed by atoms with Gasteiger partial charge < -0.3 is 9.32 Å². The van der Waals surface area contributed by atoms with Crippen molar-refractivity contribution in [1.82, 2.24) is 9.21 Å². The molecule has 1 saturated heterocycles. The normalized spacial score (nSPS) is 15.4. The van der Waals surface area contributed by atoms with Crippen LogP contribution in [0.2, 0.25) is 5.02 Å². The maximum atomic E-state index is 12.9. The Balaban J connectivity index is 1.50. The maximum Gasteiger partial charge on any atom is 0.289 e. The second-order valence-corrected chi connectivity index (χ2v) is 8.94. The van der Waals surface area contributed by atoms with Gasteiger partial charge in [-0.3, -0.25) is 4.79 Å². The Kier molecular flexibility index (Phi) is 5.04. The summed E-state index contributed by atoms with van der Waals surface area (Å²) >= 11 is 5.97. The van der Waals surface area contributed by atoms with E-state index in [2.05, 4.69) is 0 Å². The molecule has 2 aromatic carbocycles. The fourth-order valence-electron chi connectivity index (χ4n) is 3.33. The SMILES string of the molecule is N#Cc1ccccc1S(=O)(=O)N1CCN(C(=O)c2cc3cc(Cl)ccc3o2)CC1. The smallest absolute Gasteiger partial charge is 0.289 e. The minimum atomic E-state index is -3.81. The Labute approximate surface area is 172 Å². The fraction of sp³-hybridized carbons (Fsp3) is 0.200. The number of carbonyl (C=O) groups excluding carboxylic acids is 1. The van der Waals surface area contributed by atoms with E-state index in [1.165, 1.54) is 16.4 Å². The number of rotatable bonds is 3. The number of piperazine rings is 1. The van der Waals surface area contributed by atoms with Crippen LogP contribution in [0.5, 0.6) is 0 Å². The monoisotopic (exact) mass is 429 g/mol. The van der Waals surface area contributed by atoms with Crippen molar-refractivity contribution in [3.8, 4) is 6.07 Å². The van der Waals surface area contributed by atoms with Crippen LogP contribution in [0.25, 0.3) is 11.0 Å². The molecule has 0 radical (unpaired) electrons. The van der Waals surface area contributed by atoms with Gasteiger partial charge in [0.15, 0.2) is 5.76 Å². The summed E-state index contributed by atoms with van der Waals surface area (Å²) in [6, 6.07) is 14.7. The zero-order chi connectivity index (χ0) is 20.6. The fourth-order valence-corrected chi connectivity index (χ4v) is 5.07. The van der Waals surface area contributed by atoms with Crippen molar-refractivity contribution in [3.63, 3.8) is 0 Å². The van der Waals surface area contributed by atoms with Crippen LogP contribution in [-0.2, 0) is 10.0 Å². The average molecular weight is 430 g/mol. The molecule has 0 aliphatic carbocycles. The van der Waals surface area contributed by atoms with E-state index in [0.29, 0.717) is 10.6 Å². The van der Waals surface area contributed by atoms with E-state index in [4.69, 9.17) is 16.0 Å². The van der Waals surface area contributed by atoms with Crippen LogP contribution in [-0.4, -0.2) is 49.7 Å². The number of hydrogen-bond acceptors (Lipinski definition) is 5. The van der Waals surface area contributed by atoms with Gasteiger partial charge in [0.1, 0.15) is 11.7 Å². The topological polar surface area (TPSA) is 94.6 Å². The first kappa shape index (κ1) is 19.5. The molecular weight excluding hydrogens is 414 g/mol. The van der Waals surface area contributed by atoms with E-state index >= 15 is 0 Å². The van der Waals surface area contributed by atoms with Crippen molar-refractivity contribution in [2.24, 2.45) is 0 Å². The lowest BCUT2D eigenvalue weighted by atomic mass is 10.2. The number of nitrogens with zero attached hydrogens (tertiary/aromatic N) is 3. The number of hydrogen-bond donors (Lipinski definition) is 0. The van der Waals surface area contributed by atoms with Crippen molar-refractivity contribution in [2.45, 2.75) is 4.90 Å². The van der Waals surface area contributed by atoms with Crippen molar-refractivity contribution in [3.05, 3.63) is 64.9 Å². The summed E-state index contributed by atoms with van der Waals surface area (Å²) in [5.74, 6) is -0.111. The van der Waals surface area contributed by atoms with Crippen molar-refractivity contribution >= 4 is 38.5 Å². The predicted molar refractivity (Wildman–Crippen MR) is 107 cm³/mol. The minimum absolute atomic E-state index is 0.0172. The number of halogens is 1. The highest BCUT2D eigenvalue weighted by atomic mass is 35.5. The lowest BCUT2D eigenvalue weighted by molar-refractivity contribution is 0.0668. The molecule has 1 aliphatic heterocycles. The third kappa shape index (κ3) is 3.60. The Morgan fingerprint density at radius 1 is 1.07 bits per heavy atom. The van der Waals surface area contributed by atoms with Gasteiger partial charge >= 0.3 is 0 Å². The lowest BCUT2D eigenvalue weighted by Crippen LogP contribution is -2.50. The number of amides is 1. The number of furan rings is 1. The van der Waals surface area contributed by atoms with Gasteiger partial charge in [0.25, 0.3) is 5.91 Å². The first-order valence-electron chi connectivity index (χ1n) is 8.88. The molecule has 1 amide bonds. The van der Waals surface area contributed by atoms with Crippen molar-refractivity contribution in [1.29, 1.82) is 5.26 Å². The van der Waals surface area contributed by atoms with Gasteiger partial charge in [0, 0.05) is 36.6 Å². The molecule has 7 nitrogen and oxygen atoms in total. The molecule has 0 saturated carbocycles. The van der Waals surface area contributed by atoms with Gasteiger partial charge in [-0.1, -0.05) is 23.7 Å². The van der Waals surface area contributed by atoms with E-state index in [1.807, 2.05) is 6.07 Å². The Morgan fingerprint density at radius 2 is 1.79 bits per heavy atom. The summed E-state index contributed by atoms with van der Waals surface area (Å²) < 4.78 is 32.7. The standard InChI is InChI=1S/C20H16ClN3O4S/c21-16-5-6-17-15(11-16)12-18(28-17)20(25)23-7-9-24(10-8-23)29(26,27)19-4-2-1-3-14(19)13-22/h1-6,11-12H,7-10H2. The molecule has 0 N–H and O–H groups in total. The maximum absolute atomic E-state index is 12.9. The second kappa shape index (κ2) is 7.52. The predicted octanol–water partition coefficient (Wildman–Crippen LogP) is 3.10. The van der Waals surface area contributed by atoms with Gasteiger partial charge in [0.05, 0.1) is 10.5 Å².